The predicted molar refractivity (Wildman–Crippen MR) is 72.6 cm³/mol. The molecule has 0 bridgehead atoms. The highest BCUT2D eigenvalue weighted by atomic mass is 19.1. The van der Waals surface area contributed by atoms with Gasteiger partial charge in [-0.15, -0.1) is 0 Å². The first-order chi connectivity index (χ1) is 9.17. The Bertz CT molecular complexity index is 472. The van der Waals surface area contributed by atoms with Gasteiger partial charge in [0.2, 0.25) is 0 Å². The molecule has 0 saturated heterocycles. The van der Waals surface area contributed by atoms with E-state index in [0.29, 0.717) is 18.2 Å². The number of hydrogen-bond donors (Lipinski definition) is 2. The third-order valence-corrected chi connectivity index (χ3v) is 3.41. The number of hydrogen-bond acceptors (Lipinski definition) is 3. The molecule has 0 aromatic heterocycles. The van der Waals surface area contributed by atoms with Gasteiger partial charge in [0.15, 0.2) is 5.84 Å². The summed E-state index contributed by atoms with van der Waals surface area (Å²) in [5.74, 6) is -0.577. The molecule has 3 N–H and O–H groups in total. The summed E-state index contributed by atoms with van der Waals surface area (Å²) >= 11 is 0. The molecule has 1 aliphatic carbocycles. The van der Waals surface area contributed by atoms with Crippen molar-refractivity contribution in [1.29, 1.82) is 0 Å². The fraction of sp³-hybridized carbons (Fsp3) is 0.500. The third-order valence-electron chi connectivity index (χ3n) is 3.41. The fourth-order valence-corrected chi connectivity index (χ4v) is 2.29. The van der Waals surface area contributed by atoms with Gasteiger partial charge in [-0.2, -0.15) is 0 Å². The van der Waals surface area contributed by atoms with Crippen molar-refractivity contribution < 1.29 is 9.60 Å². The summed E-state index contributed by atoms with van der Waals surface area (Å²) in [6.45, 7) is 3.67. The van der Waals surface area contributed by atoms with E-state index in [0.717, 1.165) is 13.0 Å². The molecule has 4 nitrogen and oxygen atoms in total. The van der Waals surface area contributed by atoms with E-state index in [2.05, 4.69) is 17.0 Å². The van der Waals surface area contributed by atoms with Crippen LogP contribution in [0, 0.1) is 5.82 Å². The third kappa shape index (κ3) is 3.23. The van der Waals surface area contributed by atoms with Crippen LogP contribution in [0.4, 0.5) is 4.39 Å². The topological polar surface area (TPSA) is 61.8 Å². The lowest BCUT2D eigenvalue weighted by Gasteiger charge is -2.22. The Labute approximate surface area is 112 Å². The predicted octanol–water partition coefficient (Wildman–Crippen LogP) is 2.29. The molecule has 0 unspecified atom stereocenters. The number of oxime groups is 1. The Morgan fingerprint density at radius 3 is 2.84 bits per heavy atom. The Kier molecular flexibility index (Phi) is 4.37. The second-order valence-electron chi connectivity index (χ2n) is 4.97. The van der Waals surface area contributed by atoms with Gasteiger partial charge in [-0.3, -0.25) is 4.90 Å². The van der Waals surface area contributed by atoms with Crippen molar-refractivity contribution in [3.05, 3.63) is 35.1 Å². The Morgan fingerprint density at radius 1 is 1.53 bits per heavy atom. The summed E-state index contributed by atoms with van der Waals surface area (Å²) in [7, 11) is 0. The van der Waals surface area contributed by atoms with Crippen LogP contribution >= 0.6 is 0 Å². The van der Waals surface area contributed by atoms with Gasteiger partial charge in [0.1, 0.15) is 5.82 Å². The lowest BCUT2D eigenvalue weighted by Crippen LogP contribution is -2.27. The van der Waals surface area contributed by atoms with Gasteiger partial charge < -0.3 is 10.9 Å². The maximum Gasteiger partial charge on any atom is 0.173 e. The zero-order valence-electron chi connectivity index (χ0n) is 11.1. The number of nitrogens with two attached hydrogens (primary N) is 1. The van der Waals surface area contributed by atoms with Gasteiger partial charge in [-0.1, -0.05) is 24.2 Å². The minimum atomic E-state index is -0.389. The Hall–Kier alpha value is -1.62. The van der Waals surface area contributed by atoms with E-state index in [1.54, 1.807) is 12.1 Å². The summed E-state index contributed by atoms with van der Waals surface area (Å²) in [5.41, 5.74) is 6.23. The molecule has 0 amide bonds. The molecule has 1 aromatic rings. The number of halogens is 1. The molecule has 1 aromatic carbocycles. The highest BCUT2D eigenvalue weighted by molar-refractivity contribution is 5.97. The lowest BCUT2D eigenvalue weighted by atomic mass is 10.1. The molecule has 2 rings (SSSR count). The monoisotopic (exact) mass is 265 g/mol. The Morgan fingerprint density at radius 2 is 2.26 bits per heavy atom. The van der Waals surface area contributed by atoms with E-state index >= 15 is 0 Å². The van der Waals surface area contributed by atoms with Crippen molar-refractivity contribution in [1.82, 2.24) is 4.90 Å². The summed E-state index contributed by atoms with van der Waals surface area (Å²) in [5, 5.41) is 11.5. The van der Waals surface area contributed by atoms with E-state index < -0.39 is 0 Å². The zero-order chi connectivity index (χ0) is 13.8. The van der Waals surface area contributed by atoms with Crippen LogP contribution in [0.1, 0.15) is 37.3 Å². The van der Waals surface area contributed by atoms with Gasteiger partial charge in [-0.25, -0.2) is 4.39 Å². The molecule has 104 valence electrons. The number of nitrogens with zero attached hydrogens (tertiary/aromatic N) is 2. The van der Waals surface area contributed by atoms with Crippen LogP contribution in [0.3, 0.4) is 0 Å². The lowest BCUT2D eigenvalue weighted by molar-refractivity contribution is 0.251. The average Bonchev–Trinajstić information content (AvgIpc) is 3.24. The fourth-order valence-electron chi connectivity index (χ4n) is 2.29. The molecule has 0 spiro atoms. The first-order valence-electron chi connectivity index (χ1n) is 6.66. The quantitative estimate of drug-likeness (QED) is 0.359. The van der Waals surface area contributed by atoms with Crippen LogP contribution in [0.15, 0.2) is 23.4 Å². The first kappa shape index (κ1) is 13.8. The molecule has 1 aliphatic rings. The van der Waals surface area contributed by atoms with Crippen molar-refractivity contribution in [3.8, 4) is 0 Å². The summed E-state index contributed by atoms with van der Waals surface area (Å²) in [4.78, 5) is 2.30. The molecule has 0 radical (unpaired) electrons. The minimum Gasteiger partial charge on any atom is -0.409 e. The number of rotatable bonds is 6. The van der Waals surface area contributed by atoms with E-state index in [-0.39, 0.29) is 17.2 Å². The van der Waals surface area contributed by atoms with Crippen LogP contribution in [0.2, 0.25) is 0 Å². The molecule has 1 fully saturated rings. The highest BCUT2D eigenvalue weighted by Gasteiger charge is 2.29. The van der Waals surface area contributed by atoms with Crippen molar-refractivity contribution in [2.24, 2.45) is 10.9 Å². The largest absolute Gasteiger partial charge is 0.409 e. The van der Waals surface area contributed by atoms with Crippen molar-refractivity contribution >= 4 is 5.84 Å². The second-order valence-corrected chi connectivity index (χ2v) is 4.97. The van der Waals surface area contributed by atoms with Crippen LogP contribution in [0.5, 0.6) is 0 Å². The van der Waals surface area contributed by atoms with Gasteiger partial charge in [0.25, 0.3) is 0 Å². The van der Waals surface area contributed by atoms with E-state index in [1.807, 2.05) is 0 Å². The van der Waals surface area contributed by atoms with Gasteiger partial charge in [-0.05, 0) is 31.9 Å². The van der Waals surface area contributed by atoms with Crippen LogP contribution in [-0.2, 0) is 6.54 Å². The average molecular weight is 265 g/mol. The molecule has 0 atom stereocenters. The van der Waals surface area contributed by atoms with Crippen LogP contribution < -0.4 is 5.73 Å². The molecule has 0 heterocycles. The zero-order valence-corrected chi connectivity index (χ0v) is 11.1. The molecular formula is C14H20FN3O. The second kappa shape index (κ2) is 6.02. The smallest absolute Gasteiger partial charge is 0.173 e. The molecule has 0 aliphatic heterocycles. The van der Waals surface area contributed by atoms with E-state index in [4.69, 9.17) is 10.9 Å². The summed E-state index contributed by atoms with van der Waals surface area (Å²) in [6.07, 6.45) is 3.45. The normalized spacial score (nSPS) is 16.1. The molecule has 1 saturated carbocycles. The highest BCUT2D eigenvalue weighted by Crippen LogP contribution is 2.29. The summed E-state index contributed by atoms with van der Waals surface area (Å²) in [6, 6.07) is 5.61. The number of benzene rings is 1. The standard InChI is InChI=1S/C14H20FN3O/c1-2-8-18(11-6-7-11)9-10-4-3-5-12(13(10)15)14(16)17-19/h3-5,11,19H,2,6-9H2,1H3,(H2,16,17). The maximum atomic E-state index is 14.3. The van der Waals surface area contributed by atoms with Crippen molar-refractivity contribution in [2.45, 2.75) is 38.8 Å². The van der Waals surface area contributed by atoms with Crippen molar-refractivity contribution in [3.63, 3.8) is 0 Å². The molecule has 5 heteroatoms. The van der Waals surface area contributed by atoms with Crippen molar-refractivity contribution in [2.75, 3.05) is 6.54 Å². The van der Waals surface area contributed by atoms with Gasteiger partial charge in [0, 0.05) is 18.2 Å². The molecule has 19 heavy (non-hydrogen) atoms. The van der Waals surface area contributed by atoms with Gasteiger partial charge in [0.05, 0.1) is 5.56 Å². The summed E-state index contributed by atoms with van der Waals surface area (Å²) < 4.78 is 14.3. The van der Waals surface area contributed by atoms with Crippen LogP contribution in [-0.4, -0.2) is 28.5 Å². The SMILES string of the molecule is CCCN(Cc1cccc(/C(N)=N/O)c1F)C1CC1. The van der Waals surface area contributed by atoms with E-state index in [1.165, 1.54) is 18.9 Å². The van der Waals surface area contributed by atoms with Crippen LogP contribution in [0.25, 0.3) is 0 Å². The maximum absolute atomic E-state index is 14.3. The number of amidine groups is 1. The Balaban J connectivity index is 2.19. The minimum absolute atomic E-state index is 0.159. The first-order valence-corrected chi connectivity index (χ1v) is 6.66. The van der Waals surface area contributed by atoms with Gasteiger partial charge >= 0.3 is 0 Å². The molecular weight excluding hydrogens is 245 g/mol. The van der Waals surface area contributed by atoms with E-state index in [9.17, 15) is 4.39 Å².